The second kappa shape index (κ2) is 8.42. The maximum atomic E-state index is 10.3. The smallest absolute Gasteiger partial charge is 0.0543 e. The fourth-order valence-corrected chi connectivity index (χ4v) is 8.68. The quantitative estimate of drug-likeness (QED) is 0.457. The summed E-state index contributed by atoms with van der Waals surface area (Å²) < 4.78 is 0. The van der Waals surface area contributed by atoms with E-state index in [0.29, 0.717) is 22.7 Å². The van der Waals surface area contributed by atoms with E-state index < -0.39 is 0 Å². The van der Waals surface area contributed by atoms with E-state index in [4.69, 9.17) is 0 Å². The first-order valence-electron chi connectivity index (χ1n) is 13.3. The first-order valence-corrected chi connectivity index (χ1v) is 13.3. The molecule has 0 aromatic carbocycles. The van der Waals surface area contributed by atoms with E-state index in [1.165, 1.54) is 44.9 Å². The molecule has 0 unspecified atom stereocenters. The third-order valence-corrected chi connectivity index (χ3v) is 10.7. The highest BCUT2D eigenvalue weighted by molar-refractivity contribution is 5.28. The van der Waals surface area contributed by atoms with E-state index in [1.54, 1.807) is 0 Å². The highest BCUT2D eigenvalue weighted by atomic mass is 16.3. The number of hydrogen-bond acceptors (Lipinski definition) is 1. The fraction of sp³-hybridized carbons (Fsp3) is 0.862. The van der Waals surface area contributed by atoms with Gasteiger partial charge in [0.05, 0.1) is 6.10 Å². The first-order chi connectivity index (χ1) is 14.2. The molecule has 0 bridgehead atoms. The van der Waals surface area contributed by atoms with Gasteiger partial charge in [0.1, 0.15) is 0 Å². The lowest BCUT2D eigenvalue weighted by Crippen LogP contribution is -2.49. The number of aliphatic hydroxyl groups excluding tert-OH is 1. The summed E-state index contributed by atoms with van der Waals surface area (Å²) in [5, 5.41) is 10.3. The summed E-state index contributed by atoms with van der Waals surface area (Å²) in [7, 11) is 0. The summed E-state index contributed by atoms with van der Waals surface area (Å²) in [4.78, 5) is 0. The molecule has 0 heterocycles. The van der Waals surface area contributed by atoms with Gasteiger partial charge in [-0.1, -0.05) is 65.3 Å². The number of fused-ring (bicyclic) bond motifs is 5. The zero-order chi connectivity index (χ0) is 21.7. The van der Waals surface area contributed by atoms with Crippen LogP contribution in [0.5, 0.6) is 0 Å². The van der Waals surface area contributed by atoms with Crippen molar-refractivity contribution in [2.45, 2.75) is 105 Å². The lowest BCUT2D eigenvalue weighted by molar-refractivity contribution is -0.0414. The van der Waals surface area contributed by atoms with Gasteiger partial charge >= 0.3 is 0 Å². The number of aliphatic hydroxyl groups is 1. The molecule has 1 nitrogen and oxygen atoms in total. The molecule has 0 aromatic rings. The molecule has 4 rings (SSSR count). The van der Waals surface area contributed by atoms with E-state index >= 15 is 0 Å². The average Bonchev–Trinajstić information content (AvgIpc) is 3.06. The van der Waals surface area contributed by atoms with Crippen LogP contribution in [0.3, 0.4) is 0 Å². The highest BCUT2D eigenvalue weighted by Gasteiger charge is 2.57. The minimum atomic E-state index is -0.0480. The second-order valence-electron chi connectivity index (χ2n) is 12.5. The van der Waals surface area contributed by atoms with Crippen molar-refractivity contribution in [3.8, 4) is 0 Å². The number of rotatable bonds is 5. The predicted molar refractivity (Wildman–Crippen MR) is 128 cm³/mol. The molecule has 9 atom stereocenters. The van der Waals surface area contributed by atoms with Gasteiger partial charge in [-0.2, -0.15) is 0 Å². The summed E-state index contributed by atoms with van der Waals surface area (Å²) in [6, 6.07) is 0. The van der Waals surface area contributed by atoms with Crippen LogP contribution in [0, 0.1) is 52.3 Å². The molecule has 0 saturated heterocycles. The fourth-order valence-electron chi connectivity index (χ4n) is 8.68. The average molecular weight is 413 g/mol. The molecule has 170 valence electrons. The molecule has 30 heavy (non-hydrogen) atoms. The van der Waals surface area contributed by atoms with E-state index in [1.807, 2.05) is 5.57 Å². The largest absolute Gasteiger partial charge is 0.393 e. The topological polar surface area (TPSA) is 20.2 Å². The van der Waals surface area contributed by atoms with Gasteiger partial charge in [0.25, 0.3) is 0 Å². The summed E-state index contributed by atoms with van der Waals surface area (Å²) in [6.07, 6.45) is 19.2. The molecule has 0 radical (unpaired) electrons. The molecule has 4 aliphatic carbocycles. The summed E-state index contributed by atoms with van der Waals surface area (Å²) >= 11 is 0. The minimum Gasteiger partial charge on any atom is -0.393 e. The Morgan fingerprint density at radius 1 is 1.00 bits per heavy atom. The number of hydrogen-bond donors (Lipinski definition) is 1. The summed E-state index contributed by atoms with van der Waals surface area (Å²) in [6.45, 7) is 14.8. The summed E-state index contributed by atoms with van der Waals surface area (Å²) in [5.74, 6) is 5.32. The van der Waals surface area contributed by atoms with Gasteiger partial charge < -0.3 is 5.11 Å². The lowest BCUT2D eigenvalue weighted by atomic mass is 9.47. The highest BCUT2D eigenvalue weighted by Crippen LogP contribution is 2.66. The maximum Gasteiger partial charge on any atom is 0.0543 e. The molecular formula is C29H48O. The van der Waals surface area contributed by atoms with Crippen LogP contribution in [0.25, 0.3) is 0 Å². The van der Waals surface area contributed by atoms with Crippen LogP contribution in [0.1, 0.15) is 99.3 Å². The maximum absolute atomic E-state index is 10.3. The Labute approximate surface area is 186 Å². The monoisotopic (exact) mass is 412 g/mol. The molecule has 1 heteroatoms. The molecule has 0 aliphatic heterocycles. The second-order valence-corrected chi connectivity index (χ2v) is 12.5. The molecule has 4 aliphatic rings. The molecular weight excluding hydrogens is 364 g/mol. The third kappa shape index (κ3) is 3.66. The molecule has 1 N–H and O–H groups in total. The third-order valence-electron chi connectivity index (χ3n) is 10.7. The van der Waals surface area contributed by atoms with Crippen LogP contribution in [0.2, 0.25) is 0 Å². The first kappa shape index (κ1) is 22.6. The van der Waals surface area contributed by atoms with Crippen LogP contribution in [-0.4, -0.2) is 11.2 Å². The van der Waals surface area contributed by atoms with Crippen LogP contribution in [-0.2, 0) is 0 Å². The predicted octanol–water partition coefficient (Wildman–Crippen LogP) is 7.80. The number of allylic oxidation sites excluding steroid dienone is 4. The van der Waals surface area contributed by atoms with Gasteiger partial charge in [0.15, 0.2) is 0 Å². The van der Waals surface area contributed by atoms with Gasteiger partial charge in [-0.3, -0.25) is 0 Å². The Morgan fingerprint density at radius 3 is 2.40 bits per heavy atom. The Kier molecular flexibility index (Phi) is 6.35. The van der Waals surface area contributed by atoms with Crippen LogP contribution in [0.15, 0.2) is 23.8 Å². The van der Waals surface area contributed by atoms with Gasteiger partial charge in [-0.25, -0.2) is 0 Å². The Balaban J connectivity index is 1.53. The van der Waals surface area contributed by atoms with E-state index in [9.17, 15) is 5.11 Å². The Bertz CT molecular complexity index is 674. The van der Waals surface area contributed by atoms with Gasteiger partial charge in [0, 0.05) is 0 Å². The molecule has 3 saturated carbocycles. The Hall–Kier alpha value is -0.560. The van der Waals surface area contributed by atoms with E-state index in [0.717, 1.165) is 42.4 Å². The van der Waals surface area contributed by atoms with E-state index in [-0.39, 0.29) is 6.10 Å². The van der Waals surface area contributed by atoms with Crippen molar-refractivity contribution in [1.29, 1.82) is 0 Å². The molecule has 3 fully saturated rings. The van der Waals surface area contributed by atoms with Crippen LogP contribution < -0.4 is 0 Å². The molecule has 0 amide bonds. The zero-order valence-corrected chi connectivity index (χ0v) is 20.7. The lowest BCUT2D eigenvalue weighted by Gasteiger charge is -2.57. The standard InChI is InChI=1S/C29H48O/c1-7-21(19(2)3)9-8-20(4)25-12-13-26-24-11-10-22-18-23(30)14-16-28(22,5)27(24)15-17-29(25,26)6/h8-9,11,19-23,25-27,30H,7,10,12-18H2,1-6H3/b9-8+/t20-,21+,22-,23+,25-,26-,27-,28-,29+/m0/s1. The zero-order valence-electron chi connectivity index (χ0n) is 20.7. The van der Waals surface area contributed by atoms with Crippen molar-refractivity contribution in [3.05, 3.63) is 23.8 Å². The van der Waals surface area contributed by atoms with Crippen LogP contribution >= 0.6 is 0 Å². The minimum absolute atomic E-state index is 0.0480. The van der Waals surface area contributed by atoms with Crippen molar-refractivity contribution < 1.29 is 5.11 Å². The van der Waals surface area contributed by atoms with Crippen molar-refractivity contribution >= 4 is 0 Å². The summed E-state index contributed by atoms with van der Waals surface area (Å²) in [5.41, 5.74) is 2.79. The van der Waals surface area contributed by atoms with Gasteiger partial charge in [0.2, 0.25) is 0 Å². The van der Waals surface area contributed by atoms with Crippen molar-refractivity contribution in [2.24, 2.45) is 52.3 Å². The van der Waals surface area contributed by atoms with Crippen molar-refractivity contribution in [2.75, 3.05) is 0 Å². The normalized spacial score (nSPS) is 45.6. The SMILES string of the molecule is CC[C@H](/C=C/[C@H](C)[C@@H]1CC[C@H]2C3=CC[C@H]4C[C@H](O)CC[C@]4(C)[C@H]3CC[C@@]21C)C(C)C. The van der Waals surface area contributed by atoms with Gasteiger partial charge in [-0.05, 0) is 110 Å². The van der Waals surface area contributed by atoms with Gasteiger partial charge in [-0.15, -0.1) is 0 Å². The molecule has 0 spiro atoms. The Morgan fingerprint density at radius 2 is 1.70 bits per heavy atom. The van der Waals surface area contributed by atoms with Crippen LogP contribution in [0.4, 0.5) is 0 Å². The van der Waals surface area contributed by atoms with Crippen molar-refractivity contribution in [3.63, 3.8) is 0 Å². The molecule has 0 aromatic heterocycles. The van der Waals surface area contributed by atoms with Crippen molar-refractivity contribution in [1.82, 2.24) is 0 Å². The van der Waals surface area contributed by atoms with E-state index in [2.05, 4.69) is 59.8 Å².